The Morgan fingerprint density at radius 2 is 1.61 bits per heavy atom. The zero-order valence-corrected chi connectivity index (χ0v) is 20.9. The molecule has 3 aromatic rings. The van der Waals surface area contributed by atoms with E-state index in [2.05, 4.69) is 20.9 Å². The summed E-state index contributed by atoms with van der Waals surface area (Å²) in [5.41, 5.74) is 4.34. The van der Waals surface area contributed by atoms with Crippen LogP contribution in [0.2, 0.25) is 0 Å². The summed E-state index contributed by atoms with van der Waals surface area (Å²) in [6.45, 7) is 5.82. The Morgan fingerprint density at radius 3 is 2.28 bits per heavy atom. The van der Waals surface area contributed by atoms with E-state index in [-0.39, 0.29) is 17.3 Å². The summed E-state index contributed by atoms with van der Waals surface area (Å²) in [6.07, 6.45) is 4.50. The van der Waals surface area contributed by atoms with Crippen LogP contribution in [0, 0.1) is 26.7 Å². The third-order valence-electron chi connectivity index (χ3n) is 6.79. The molecule has 1 atom stereocenters. The van der Waals surface area contributed by atoms with Gasteiger partial charge in [-0.3, -0.25) is 10.1 Å². The highest BCUT2D eigenvalue weighted by Gasteiger charge is 2.32. The quantitative estimate of drug-likeness (QED) is 0.362. The van der Waals surface area contributed by atoms with Gasteiger partial charge in [-0.1, -0.05) is 55.2 Å². The molecule has 1 heterocycles. The molecule has 1 aromatic heterocycles. The van der Waals surface area contributed by atoms with Crippen LogP contribution in [0.15, 0.2) is 42.5 Å². The first kappa shape index (κ1) is 25.2. The number of carboxylic acids is 1. The van der Waals surface area contributed by atoms with Gasteiger partial charge in [0.15, 0.2) is 0 Å². The van der Waals surface area contributed by atoms with Crippen LogP contribution in [0.1, 0.15) is 59.2 Å². The second-order valence-electron chi connectivity index (χ2n) is 9.62. The summed E-state index contributed by atoms with van der Waals surface area (Å²) >= 11 is 0. The van der Waals surface area contributed by atoms with Gasteiger partial charge in [0, 0.05) is 11.1 Å². The van der Waals surface area contributed by atoms with Gasteiger partial charge in [-0.2, -0.15) is 0 Å². The Labute approximate surface area is 210 Å². The van der Waals surface area contributed by atoms with Crippen LogP contribution in [0.4, 0.5) is 16.3 Å². The van der Waals surface area contributed by atoms with E-state index >= 15 is 0 Å². The molecule has 0 radical (unpaired) electrons. The van der Waals surface area contributed by atoms with Gasteiger partial charge >= 0.3 is 12.0 Å². The predicted octanol–water partition coefficient (Wildman–Crippen LogP) is 5.57. The molecular formula is C28H32N4O4. The number of aromatic nitrogens is 1. The summed E-state index contributed by atoms with van der Waals surface area (Å²) in [5, 5.41) is 18.8. The molecule has 0 bridgehead atoms. The average molecular weight is 489 g/mol. The molecule has 8 heteroatoms. The van der Waals surface area contributed by atoms with Crippen molar-refractivity contribution < 1.29 is 19.5 Å². The average Bonchev–Trinajstić information content (AvgIpc) is 2.84. The molecule has 4 N–H and O–H groups in total. The molecule has 0 unspecified atom stereocenters. The molecule has 1 fully saturated rings. The van der Waals surface area contributed by atoms with Crippen molar-refractivity contribution >= 4 is 40.3 Å². The highest BCUT2D eigenvalue weighted by Crippen LogP contribution is 2.28. The molecule has 1 aliphatic rings. The molecule has 188 valence electrons. The van der Waals surface area contributed by atoms with Crippen molar-refractivity contribution in [2.24, 2.45) is 5.92 Å². The summed E-state index contributed by atoms with van der Waals surface area (Å²) in [4.78, 5) is 42.9. The lowest BCUT2D eigenvalue weighted by atomic mass is 9.84. The van der Waals surface area contributed by atoms with Crippen LogP contribution in [0.3, 0.4) is 0 Å². The number of urea groups is 1. The van der Waals surface area contributed by atoms with Crippen LogP contribution in [-0.2, 0) is 4.79 Å². The minimum atomic E-state index is -1.05. The third-order valence-corrected chi connectivity index (χ3v) is 6.79. The van der Waals surface area contributed by atoms with E-state index in [9.17, 15) is 19.5 Å². The van der Waals surface area contributed by atoms with Crippen LogP contribution < -0.4 is 16.0 Å². The number of pyridine rings is 1. The molecule has 36 heavy (non-hydrogen) atoms. The summed E-state index contributed by atoms with van der Waals surface area (Å²) in [5.74, 6) is -1.69. The Balaban J connectivity index is 1.63. The van der Waals surface area contributed by atoms with E-state index in [0.717, 1.165) is 48.8 Å². The predicted molar refractivity (Wildman–Crippen MR) is 141 cm³/mol. The normalized spacial score (nSPS) is 14.8. The number of carbonyl (C=O) groups excluding carboxylic acids is 2. The summed E-state index contributed by atoms with van der Waals surface area (Å²) in [7, 11) is 0. The van der Waals surface area contributed by atoms with Gasteiger partial charge in [0.05, 0.1) is 11.1 Å². The Hall–Kier alpha value is -3.94. The molecule has 1 saturated carbocycles. The largest absolute Gasteiger partial charge is 0.480 e. The lowest BCUT2D eigenvalue weighted by Gasteiger charge is -2.28. The number of aryl methyl sites for hydroxylation is 3. The SMILES string of the molecule is Cc1cc(C)c(NC(=O)Nc2nc3ccccc3cc2C(=O)N[C@H](C(=O)O)C2CCCCC2)c(C)c1. The third kappa shape index (κ3) is 5.64. The number of amides is 3. The zero-order valence-electron chi connectivity index (χ0n) is 20.9. The number of benzene rings is 2. The van der Waals surface area contributed by atoms with Crippen molar-refractivity contribution in [3.63, 3.8) is 0 Å². The first-order valence-corrected chi connectivity index (χ1v) is 12.3. The highest BCUT2D eigenvalue weighted by atomic mass is 16.4. The van der Waals surface area contributed by atoms with E-state index in [4.69, 9.17) is 0 Å². The topological polar surface area (TPSA) is 120 Å². The molecule has 3 amide bonds. The molecule has 0 spiro atoms. The first-order valence-electron chi connectivity index (χ1n) is 12.3. The van der Waals surface area contributed by atoms with Crippen molar-refractivity contribution in [3.8, 4) is 0 Å². The van der Waals surface area contributed by atoms with Crippen molar-refractivity contribution in [1.29, 1.82) is 0 Å². The maximum Gasteiger partial charge on any atom is 0.326 e. The second kappa shape index (κ2) is 10.8. The van der Waals surface area contributed by atoms with Crippen LogP contribution >= 0.6 is 0 Å². The number of nitrogens with zero attached hydrogens (tertiary/aromatic N) is 1. The number of hydrogen-bond acceptors (Lipinski definition) is 4. The Morgan fingerprint density at radius 1 is 0.944 bits per heavy atom. The maximum atomic E-state index is 13.4. The fraction of sp³-hybridized carbons (Fsp3) is 0.357. The number of rotatable bonds is 6. The Kier molecular flexibility index (Phi) is 7.52. The molecule has 2 aromatic carbocycles. The molecule has 0 saturated heterocycles. The van der Waals surface area contributed by atoms with Crippen LogP contribution in [0.25, 0.3) is 10.9 Å². The number of para-hydroxylation sites is 1. The minimum absolute atomic E-state index is 0.0684. The smallest absolute Gasteiger partial charge is 0.326 e. The second-order valence-corrected chi connectivity index (χ2v) is 9.62. The first-order chi connectivity index (χ1) is 17.2. The van der Waals surface area contributed by atoms with Gasteiger partial charge in [0.2, 0.25) is 0 Å². The number of anilines is 2. The minimum Gasteiger partial charge on any atom is -0.480 e. The standard InChI is InChI=1S/C28H32N4O4/c1-16-13-17(2)23(18(3)14-16)31-28(36)32-25-21(15-20-11-7-8-12-22(20)29-25)26(33)30-24(27(34)35)19-9-5-4-6-10-19/h7-8,11-15,19,24H,4-6,9-10H2,1-3H3,(H,30,33)(H,34,35)(H2,29,31,32,36)/t24-/m0/s1. The zero-order chi connectivity index (χ0) is 25.8. The summed E-state index contributed by atoms with van der Waals surface area (Å²) < 4.78 is 0. The number of carbonyl (C=O) groups is 3. The fourth-order valence-electron chi connectivity index (χ4n) is 5.08. The molecule has 1 aliphatic carbocycles. The van der Waals surface area contributed by atoms with E-state index in [0.29, 0.717) is 16.6 Å². The molecule has 8 nitrogen and oxygen atoms in total. The number of carboxylic acid groups (broad SMARTS) is 1. The van der Waals surface area contributed by atoms with E-state index < -0.39 is 23.9 Å². The maximum absolute atomic E-state index is 13.4. The van der Waals surface area contributed by atoms with Gasteiger partial charge in [-0.15, -0.1) is 0 Å². The van der Waals surface area contributed by atoms with E-state index in [1.165, 1.54) is 0 Å². The van der Waals surface area contributed by atoms with Gasteiger partial charge in [-0.05, 0) is 62.8 Å². The number of hydrogen-bond donors (Lipinski definition) is 4. The van der Waals surface area contributed by atoms with Gasteiger partial charge in [0.1, 0.15) is 11.9 Å². The lowest BCUT2D eigenvalue weighted by molar-refractivity contribution is -0.141. The van der Waals surface area contributed by atoms with Crippen molar-refractivity contribution in [2.75, 3.05) is 10.6 Å². The number of fused-ring (bicyclic) bond motifs is 1. The highest BCUT2D eigenvalue weighted by molar-refractivity contribution is 6.08. The number of nitrogens with one attached hydrogen (secondary N) is 3. The molecule has 0 aliphatic heterocycles. The fourth-order valence-corrected chi connectivity index (χ4v) is 5.08. The monoisotopic (exact) mass is 488 g/mol. The van der Waals surface area contributed by atoms with Crippen molar-refractivity contribution in [2.45, 2.75) is 58.9 Å². The van der Waals surface area contributed by atoms with Crippen LogP contribution in [-0.4, -0.2) is 34.0 Å². The van der Waals surface area contributed by atoms with Gasteiger partial charge in [-0.25, -0.2) is 14.6 Å². The van der Waals surface area contributed by atoms with Crippen LogP contribution in [0.5, 0.6) is 0 Å². The Bertz CT molecular complexity index is 1290. The van der Waals surface area contributed by atoms with E-state index in [1.54, 1.807) is 12.1 Å². The van der Waals surface area contributed by atoms with Gasteiger partial charge in [0.25, 0.3) is 5.91 Å². The summed E-state index contributed by atoms with van der Waals surface area (Å²) in [6, 6.07) is 11.3. The molecule has 4 rings (SSSR count). The lowest BCUT2D eigenvalue weighted by Crippen LogP contribution is -2.46. The number of aliphatic carboxylic acids is 1. The molecular weight excluding hydrogens is 456 g/mol. The van der Waals surface area contributed by atoms with Gasteiger partial charge < -0.3 is 15.7 Å². The van der Waals surface area contributed by atoms with Crippen molar-refractivity contribution in [3.05, 3.63) is 64.7 Å². The van der Waals surface area contributed by atoms with Crippen molar-refractivity contribution in [1.82, 2.24) is 10.3 Å². The van der Waals surface area contributed by atoms with E-state index in [1.807, 2.05) is 51.1 Å².